The third-order valence-electron chi connectivity index (χ3n) is 3.08. The highest BCUT2D eigenvalue weighted by atomic mass is 35.5. The molecule has 0 aliphatic rings. The summed E-state index contributed by atoms with van der Waals surface area (Å²) < 4.78 is 10.5. The second kappa shape index (κ2) is 8.97. The topological polar surface area (TPSA) is 103 Å². The van der Waals surface area contributed by atoms with Gasteiger partial charge in [0.15, 0.2) is 23.2 Å². The van der Waals surface area contributed by atoms with Gasteiger partial charge < -0.3 is 14.8 Å². The summed E-state index contributed by atoms with van der Waals surface area (Å²) in [6.45, 7) is -0.289. The van der Waals surface area contributed by atoms with E-state index >= 15 is 0 Å². The van der Waals surface area contributed by atoms with E-state index in [9.17, 15) is 14.9 Å². The van der Waals surface area contributed by atoms with Gasteiger partial charge in [-0.2, -0.15) is 0 Å². The normalized spacial score (nSPS) is 9.92. The molecule has 0 aliphatic heterocycles. The van der Waals surface area contributed by atoms with Gasteiger partial charge in [-0.1, -0.05) is 23.7 Å². The third kappa shape index (κ3) is 5.30. The summed E-state index contributed by atoms with van der Waals surface area (Å²) in [6.07, 6.45) is 0. The Morgan fingerprint density at radius 3 is 2.62 bits per heavy atom. The lowest BCUT2D eigenvalue weighted by atomic mass is 10.3. The van der Waals surface area contributed by atoms with Crippen LogP contribution in [0.2, 0.25) is 5.02 Å². The number of rotatable bonds is 6. The molecule has 136 valence electrons. The first-order chi connectivity index (χ1) is 12.4. The number of hydrogen-bond acceptors (Lipinski definition) is 6. The van der Waals surface area contributed by atoms with E-state index in [1.54, 1.807) is 24.3 Å². The minimum absolute atomic E-state index is 0.000660. The first-order valence-corrected chi connectivity index (χ1v) is 8.00. The van der Waals surface area contributed by atoms with Gasteiger partial charge in [-0.15, -0.1) is 0 Å². The average Bonchev–Trinajstić information content (AvgIpc) is 2.61. The van der Waals surface area contributed by atoms with E-state index in [0.29, 0.717) is 17.2 Å². The number of hydrogen-bond donors (Lipinski definition) is 2. The zero-order valence-electron chi connectivity index (χ0n) is 13.5. The molecular formula is C16H14ClN3O5S. The van der Waals surface area contributed by atoms with Crippen LogP contribution in [0.25, 0.3) is 0 Å². The van der Waals surface area contributed by atoms with Gasteiger partial charge in [-0.05, 0) is 36.5 Å². The largest absolute Gasteiger partial charge is 0.493 e. The smallest absolute Gasteiger partial charge is 0.289 e. The number of nitrogens with zero attached hydrogens (tertiary/aromatic N) is 1. The second-order valence-corrected chi connectivity index (χ2v) is 5.68. The van der Waals surface area contributed by atoms with Crippen LogP contribution in [0.5, 0.6) is 11.5 Å². The van der Waals surface area contributed by atoms with Crippen LogP contribution in [-0.2, 0) is 4.79 Å². The standard InChI is InChI=1S/C16H14ClN3O5S/c1-24-13-4-2-3-5-14(13)25-9-15(21)19-16(26)18-10-6-7-11(17)12(8-10)20(22)23/h2-8H,9H2,1H3,(H2,18,19,21,26). The Balaban J connectivity index is 1.90. The van der Waals surface area contributed by atoms with Crippen LogP contribution < -0.4 is 20.1 Å². The molecule has 0 spiro atoms. The van der Waals surface area contributed by atoms with Gasteiger partial charge in [0.1, 0.15) is 5.02 Å². The van der Waals surface area contributed by atoms with Gasteiger partial charge in [0.2, 0.25) is 0 Å². The molecule has 2 rings (SSSR count). The Bertz CT molecular complexity index is 846. The summed E-state index contributed by atoms with van der Waals surface area (Å²) >= 11 is 10.7. The number of benzene rings is 2. The maximum Gasteiger partial charge on any atom is 0.289 e. The molecule has 0 aromatic heterocycles. The molecule has 0 unspecified atom stereocenters. The van der Waals surface area contributed by atoms with Gasteiger partial charge in [-0.25, -0.2) is 0 Å². The minimum atomic E-state index is -0.615. The number of nitrogens with one attached hydrogen (secondary N) is 2. The highest BCUT2D eigenvalue weighted by molar-refractivity contribution is 7.80. The van der Waals surface area contributed by atoms with Crippen LogP contribution in [0.15, 0.2) is 42.5 Å². The number of para-hydroxylation sites is 2. The van der Waals surface area contributed by atoms with Crippen LogP contribution in [-0.4, -0.2) is 29.7 Å². The maximum absolute atomic E-state index is 11.9. The SMILES string of the molecule is COc1ccccc1OCC(=O)NC(=S)Nc1ccc(Cl)c([N+](=O)[O-])c1. The molecule has 1 amide bonds. The monoisotopic (exact) mass is 395 g/mol. The van der Waals surface area contributed by atoms with Crippen molar-refractivity contribution in [1.82, 2.24) is 5.32 Å². The lowest BCUT2D eigenvalue weighted by Gasteiger charge is -2.12. The quantitative estimate of drug-likeness (QED) is 0.440. The lowest BCUT2D eigenvalue weighted by Crippen LogP contribution is -2.37. The highest BCUT2D eigenvalue weighted by Gasteiger charge is 2.14. The number of nitro groups is 1. The van der Waals surface area contributed by atoms with E-state index in [4.69, 9.17) is 33.3 Å². The summed E-state index contributed by atoms with van der Waals surface area (Å²) in [6, 6.07) is 11.0. The van der Waals surface area contributed by atoms with E-state index in [1.165, 1.54) is 25.3 Å². The van der Waals surface area contributed by atoms with Crippen LogP contribution in [0.1, 0.15) is 0 Å². The summed E-state index contributed by atoms with van der Waals surface area (Å²) in [5.41, 5.74) is 0.0438. The fourth-order valence-corrected chi connectivity index (χ4v) is 2.35. The van der Waals surface area contributed by atoms with Crippen LogP contribution in [0, 0.1) is 10.1 Å². The highest BCUT2D eigenvalue weighted by Crippen LogP contribution is 2.27. The molecule has 0 saturated heterocycles. The summed E-state index contributed by atoms with van der Waals surface area (Å²) in [4.78, 5) is 22.2. The Morgan fingerprint density at radius 1 is 1.27 bits per heavy atom. The van der Waals surface area contributed by atoms with Crippen molar-refractivity contribution < 1.29 is 19.2 Å². The number of carbonyl (C=O) groups excluding carboxylic acids is 1. The van der Waals surface area contributed by atoms with Gasteiger partial charge in [0.05, 0.1) is 12.0 Å². The van der Waals surface area contributed by atoms with Crippen molar-refractivity contribution in [2.24, 2.45) is 0 Å². The van der Waals surface area contributed by atoms with E-state index in [-0.39, 0.29) is 22.4 Å². The number of nitro benzene ring substituents is 1. The number of amides is 1. The molecule has 26 heavy (non-hydrogen) atoms. The predicted octanol–water partition coefficient (Wildman–Crippen LogP) is 3.15. The number of anilines is 1. The summed E-state index contributed by atoms with van der Waals surface area (Å²) in [5.74, 6) is 0.406. The van der Waals surface area contributed by atoms with Crippen molar-refractivity contribution in [2.45, 2.75) is 0 Å². The molecule has 0 aliphatic carbocycles. The summed E-state index contributed by atoms with van der Waals surface area (Å²) in [7, 11) is 1.49. The average molecular weight is 396 g/mol. The molecule has 2 N–H and O–H groups in total. The van der Waals surface area contributed by atoms with Crippen molar-refractivity contribution in [3.63, 3.8) is 0 Å². The molecule has 10 heteroatoms. The molecule has 0 bridgehead atoms. The molecule has 2 aromatic carbocycles. The molecular weight excluding hydrogens is 382 g/mol. The molecule has 0 radical (unpaired) electrons. The second-order valence-electron chi connectivity index (χ2n) is 4.87. The fraction of sp³-hybridized carbons (Fsp3) is 0.125. The third-order valence-corrected chi connectivity index (χ3v) is 3.61. The number of methoxy groups -OCH3 is 1. The Hall–Kier alpha value is -2.91. The van der Waals surface area contributed by atoms with Crippen LogP contribution in [0.4, 0.5) is 11.4 Å². The van der Waals surface area contributed by atoms with E-state index < -0.39 is 10.8 Å². The molecule has 0 atom stereocenters. The number of carbonyl (C=O) groups is 1. The van der Waals surface area contributed by atoms with Crippen molar-refractivity contribution in [2.75, 3.05) is 19.0 Å². The van der Waals surface area contributed by atoms with Crippen LogP contribution >= 0.6 is 23.8 Å². The van der Waals surface area contributed by atoms with Crippen molar-refractivity contribution >= 4 is 46.2 Å². The molecule has 0 fully saturated rings. The van der Waals surface area contributed by atoms with Crippen molar-refractivity contribution in [3.05, 3.63) is 57.6 Å². The van der Waals surface area contributed by atoms with E-state index in [1.807, 2.05) is 0 Å². The first-order valence-electron chi connectivity index (χ1n) is 7.21. The Kier molecular flexibility index (Phi) is 6.70. The molecule has 8 nitrogen and oxygen atoms in total. The lowest BCUT2D eigenvalue weighted by molar-refractivity contribution is -0.384. The predicted molar refractivity (Wildman–Crippen MR) is 101 cm³/mol. The van der Waals surface area contributed by atoms with E-state index in [0.717, 1.165) is 0 Å². The number of thiocarbonyl (C=S) groups is 1. The molecule has 0 heterocycles. The fourth-order valence-electron chi connectivity index (χ4n) is 1.94. The van der Waals surface area contributed by atoms with Gasteiger partial charge in [0, 0.05) is 11.8 Å². The van der Waals surface area contributed by atoms with Crippen molar-refractivity contribution in [3.8, 4) is 11.5 Å². The van der Waals surface area contributed by atoms with Gasteiger partial charge in [-0.3, -0.25) is 20.2 Å². The molecule has 0 saturated carbocycles. The van der Waals surface area contributed by atoms with Crippen molar-refractivity contribution in [1.29, 1.82) is 0 Å². The first kappa shape index (κ1) is 19.4. The van der Waals surface area contributed by atoms with E-state index in [2.05, 4.69) is 10.6 Å². The molecule has 2 aromatic rings. The number of halogens is 1. The van der Waals surface area contributed by atoms with Crippen LogP contribution in [0.3, 0.4) is 0 Å². The van der Waals surface area contributed by atoms with Gasteiger partial charge in [0.25, 0.3) is 11.6 Å². The zero-order valence-corrected chi connectivity index (χ0v) is 15.1. The zero-order chi connectivity index (χ0) is 19.1. The van der Waals surface area contributed by atoms with Gasteiger partial charge >= 0.3 is 0 Å². The Labute approximate surface area is 159 Å². The maximum atomic E-state index is 11.9. The Morgan fingerprint density at radius 2 is 1.96 bits per heavy atom. The summed E-state index contributed by atoms with van der Waals surface area (Å²) in [5, 5.41) is 15.9. The number of ether oxygens (including phenoxy) is 2. The minimum Gasteiger partial charge on any atom is -0.493 e.